The number of thioether (sulfide) groups is 1. The summed E-state index contributed by atoms with van der Waals surface area (Å²) in [5.41, 5.74) is 5.99. The molecular formula is C11H18N2OS. The third kappa shape index (κ3) is 4.20. The van der Waals surface area contributed by atoms with Gasteiger partial charge in [-0.2, -0.15) is 0 Å². The molecule has 1 aromatic rings. The second kappa shape index (κ2) is 6.82. The third-order valence-electron chi connectivity index (χ3n) is 2.22. The van der Waals surface area contributed by atoms with Gasteiger partial charge in [0.05, 0.1) is 6.61 Å². The van der Waals surface area contributed by atoms with Crippen molar-refractivity contribution in [3.8, 4) is 0 Å². The van der Waals surface area contributed by atoms with Gasteiger partial charge in [-0.05, 0) is 18.6 Å². The highest BCUT2D eigenvalue weighted by molar-refractivity contribution is 8.00. The van der Waals surface area contributed by atoms with Crippen LogP contribution in [0.2, 0.25) is 0 Å². The van der Waals surface area contributed by atoms with Crippen molar-refractivity contribution in [1.29, 1.82) is 0 Å². The first-order chi connectivity index (χ1) is 7.27. The first kappa shape index (κ1) is 12.5. The third-order valence-corrected chi connectivity index (χ3v) is 3.56. The Kier molecular flexibility index (Phi) is 5.68. The van der Waals surface area contributed by atoms with Gasteiger partial charge in [-0.3, -0.25) is 4.98 Å². The second-order valence-electron chi connectivity index (χ2n) is 3.47. The van der Waals surface area contributed by atoms with Crippen molar-refractivity contribution in [2.45, 2.75) is 36.0 Å². The smallest absolute Gasteiger partial charge is 0.0568 e. The van der Waals surface area contributed by atoms with E-state index in [0.29, 0.717) is 0 Å². The van der Waals surface area contributed by atoms with Gasteiger partial charge in [0.15, 0.2) is 0 Å². The Morgan fingerprint density at radius 1 is 1.47 bits per heavy atom. The van der Waals surface area contributed by atoms with Crippen LogP contribution in [0.25, 0.3) is 0 Å². The van der Waals surface area contributed by atoms with Crippen LogP contribution >= 0.6 is 11.8 Å². The summed E-state index contributed by atoms with van der Waals surface area (Å²) >= 11 is 1.62. The molecule has 0 bridgehead atoms. The van der Waals surface area contributed by atoms with Gasteiger partial charge in [0.25, 0.3) is 0 Å². The van der Waals surface area contributed by atoms with Crippen LogP contribution in [0.15, 0.2) is 29.4 Å². The maximum absolute atomic E-state index is 9.27. The van der Waals surface area contributed by atoms with Gasteiger partial charge < -0.3 is 10.8 Å². The molecule has 0 saturated carbocycles. The number of hydrogen-bond donors (Lipinski definition) is 2. The van der Waals surface area contributed by atoms with Crippen LogP contribution in [-0.2, 0) is 0 Å². The standard InChI is InChI=1S/C11H18N2OS/c1-2-3-10(12)11(8-14)15-9-4-6-13-7-5-9/h4-7,10-11,14H,2-3,8,12H2,1H3. The topological polar surface area (TPSA) is 59.1 Å². The molecule has 0 aliphatic heterocycles. The van der Waals surface area contributed by atoms with Gasteiger partial charge in [0.2, 0.25) is 0 Å². The number of aromatic nitrogens is 1. The summed E-state index contributed by atoms with van der Waals surface area (Å²) < 4.78 is 0. The lowest BCUT2D eigenvalue weighted by atomic mass is 10.1. The zero-order valence-electron chi connectivity index (χ0n) is 8.97. The Balaban J connectivity index is 2.53. The average Bonchev–Trinajstić information content (AvgIpc) is 2.27. The second-order valence-corrected chi connectivity index (χ2v) is 4.79. The lowest BCUT2D eigenvalue weighted by molar-refractivity contribution is 0.279. The number of nitrogens with zero attached hydrogens (tertiary/aromatic N) is 1. The minimum absolute atomic E-state index is 0.0539. The van der Waals surface area contributed by atoms with E-state index in [0.717, 1.165) is 17.7 Å². The van der Waals surface area contributed by atoms with Gasteiger partial charge >= 0.3 is 0 Å². The fraction of sp³-hybridized carbons (Fsp3) is 0.545. The molecule has 0 aromatic carbocycles. The van der Waals surface area contributed by atoms with Gasteiger partial charge in [-0.15, -0.1) is 11.8 Å². The van der Waals surface area contributed by atoms with Crippen LogP contribution in [-0.4, -0.2) is 28.0 Å². The Labute approximate surface area is 95.1 Å². The molecule has 0 radical (unpaired) electrons. The highest BCUT2D eigenvalue weighted by Gasteiger charge is 2.17. The van der Waals surface area contributed by atoms with Gasteiger partial charge in [-0.25, -0.2) is 0 Å². The number of hydrogen-bond acceptors (Lipinski definition) is 4. The summed E-state index contributed by atoms with van der Waals surface area (Å²) in [6.07, 6.45) is 5.50. The minimum Gasteiger partial charge on any atom is -0.395 e. The SMILES string of the molecule is CCCC(N)C(CO)Sc1ccncc1. The van der Waals surface area contributed by atoms with E-state index in [4.69, 9.17) is 5.73 Å². The molecule has 2 unspecified atom stereocenters. The summed E-state index contributed by atoms with van der Waals surface area (Å²) in [5.74, 6) is 0. The fourth-order valence-corrected chi connectivity index (χ4v) is 2.38. The summed E-state index contributed by atoms with van der Waals surface area (Å²) in [6.45, 7) is 2.22. The molecule has 3 N–H and O–H groups in total. The largest absolute Gasteiger partial charge is 0.395 e. The van der Waals surface area contributed by atoms with Crippen molar-refractivity contribution in [3.05, 3.63) is 24.5 Å². The molecular weight excluding hydrogens is 208 g/mol. The van der Waals surface area contributed by atoms with E-state index in [2.05, 4.69) is 11.9 Å². The summed E-state index contributed by atoms with van der Waals surface area (Å²) in [4.78, 5) is 5.06. The van der Waals surface area contributed by atoms with Gasteiger partial charge in [0, 0.05) is 28.6 Å². The van der Waals surface area contributed by atoms with Crippen molar-refractivity contribution in [1.82, 2.24) is 4.98 Å². The van der Waals surface area contributed by atoms with E-state index in [1.165, 1.54) is 0 Å². The van der Waals surface area contributed by atoms with Crippen LogP contribution in [0.4, 0.5) is 0 Å². The highest BCUT2D eigenvalue weighted by Crippen LogP contribution is 2.25. The normalized spacial score (nSPS) is 14.9. The molecule has 1 heterocycles. The minimum atomic E-state index is 0.0539. The maximum atomic E-state index is 9.27. The monoisotopic (exact) mass is 226 g/mol. The number of nitrogens with two attached hydrogens (primary N) is 1. The molecule has 84 valence electrons. The molecule has 2 atom stereocenters. The number of aliphatic hydroxyl groups excluding tert-OH is 1. The lowest BCUT2D eigenvalue weighted by Gasteiger charge is -2.20. The Bertz CT molecular complexity index is 269. The van der Waals surface area contributed by atoms with Crippen LogP contribution in [0.5, 0.6) is 0 Å². The molecule has 4 heteroatoms. The highest BCUT2D eigenvalue weighted by atomic mass is 32.2. The Morgan fingerprint density at radius 3 is 2.67 bits per heavy atom. The number of aliphatic hydroxyl groups is 1. The summed E-state index contributed by atoms with van der Waals surface area (Å²) in [6, 6.07) is 3.93. The molecule has 3 nitrogen and oxygen atoms in total. The van der Waals surface area contributed by atoms with E-state index >= 15 is 0 Å². The number of pyridine rings is 1. The molecule has 0 aliphatic carbocycles. The van der Waals surface area contributed by atoms with E-state index in [1.54, 1.807) is 24.2 Å². The predicted octanol–water partition coefficient (Wildman–Crippen LogP) is 1.66. The first-order valence-corrected chi connectivity index (χ1v) is 6.09. The van der Waals surface area contributed by atoms with E-state index < -0.39 is 0 Å². The maximum Gasteiger partial charge on any atom is 0.0568 e. The van der Waals surface area contributed by atoms with Gasteiger partial charge in [0.1, 0.15) is 0 Å². The van der Waals surface area contributed by atoms with E-state index in [1.807, 2.05) is 12.1 Å². The molecule has 0 amide bonds. The number of rotatable bonds is 6. The molecule has 1 rings (SSSR count). The first-order valence-electron chi connectivity index (χ1n) is 5.21. The van der Waals surface area contributed by atoms with Crippen molar-refractivity contribution in [3.63, 3.8) is 0 Å². The van der Waals surface area contributed by atoms with Crippen molar-refractivity contribution in [2.75, 3.05) is 6.61 Å². The Morgan fingerprint density at radius 2 is 2.13 bits per heavy atom. The van der Waals surface area contributed by atoms with Gasteiger partial charge in [-0.1, -0.05) is 13.3 Å². The quantitative estimate of drug-likeness (QED) is 0.724. The summed E-state index contributed by atoms with van der Waals surface area (Å²) in [5, 5.41) is 9.34. The van der Waals surface area contributed by atoms with Crippen molar-refractivity contribution in [2.24, 2.45) is 5.73 Å². The van der Waals surface area contributed by atoms with Crippen LogP contribution in [0.1, 0.15) is 19.8 Å². The molecule has 0 aliphatic rings. The van der Waals surface area contributed by atoms with E-state index in [9.17, 15) is 5.11 Å². The van der Waals surface area contributed by atoms with Crippen molar-refractivity contribution < 1.29 is 5.11 Å². The average molecular weight is 226 g/mol. The lowest BCUT2D eigenvalue weighted by Crippen LogP contribution is -2.34. The molecule has 0 saturated heterocycles. The van der Waals surface area contributed by atoms with Crippen LogP contribution in [0.3, 0.4) is 0 Å². The molecule has 0 spiro atoms. The van der Waals surface area contributed by atoms with E-state index in [-0.39, 0.29) is 17.9 Å². The van der Waals surface area contributed by atoms with Crippen molar-refractivity contribution >= 4 is 11.8 Å². The fourth-order valence-electron chi connectivity index (χ4n) is 1.37. The predicted molar refractivity (Wildman–Crippen MR) is 63.9 cm³/mol. The molecule has 0 fully saturated rings. The molecule has 15 heavy (non-hydrogen) atoms. The zero-order valence-corrected chi connectivity index (χ0v) is 9.78. The zero-order chi connectivity index (χ0) is 11.1. The van der Waals surface area contributed by atoms with Crippen LogP contribution < -0.4 is 5.73 Å². The van der Waals surface area contributed by atoms with Crippen LogP contribution in [0, 0.1) is 0 Å². The Hall–Kier alpha value is -0.580. The summed E-state index contributed by atoms with van der Waals surface area (Å²) in [7, 11) is 0. The molecule has 1 aromatic heterocycles.